The van der Waals surface area contributed by atoms with Crippen molar-refractivity contribution in [2.24, 2.45) is 5.73 Å². The maximum atomic E-state index is 10.9. The molecule has 0 spiro atoms. The third-order valence-electron chi connectivity index (χ3n) is 1.86. The summed E-state index contributed by atoms with van der Waals surface area (Å²) in [7, 11) is 0. The fraction of sp³-hybridized carbons (Fsp3) is 0.111. The Hall–Kier alpha value is -2.27. The second kappa shape index (κ2) is 5.18. The van der Waals surface area contributed by atoms with Crippen LogP contribution in [0.4, 0.5) is 5.82 Å². The van der Waals surface area contributed by atoms with Gasteiger partial charge in [0.25, 0.3) is 5.91 Å². The third kappa shape index (κ3) is 2.64. The first-order chi connectivity index (χ1) is 8.01. The molecule has 1 rings (SSSR count). The van der Waals surface area contributed by atoms with Gasteiger partial charge in [0.1, 0.15) is 17.7 Å². The largest absolute Gasteiger partial charge is 0.506 e. The molecule has 7 nitrogen and oxygen atoms in total. The highest BCUT2D eigenvalue weighted by Crippen LogP contribution is 2.20. The molecule has 0 aliphatic heterocycles. The van der Waals surface area contributed by atoms with Crippen LogP contribution in [-0.4, -0.2) is 21.0 Å². The molecule has 5 N–H and O–H groups in total. The number of hydrogen-bond acceptors (Lipinski definition) is 7. The van der Waals surface area contributed by atoms with Crippen LogP contribution in [0.2, 0.25) is 0 Å². The van der Waals surface area contributed by atoms with Crippen LogP contribution < -0.4 is 11.5 Å². The van der Waals surface area contributed by atoms with Crippen molar-refractivity contribution in [2.45, 2.75) is 5.75 Å². The molecule has 0 aliphatic carbocycles. The van der Waals surface area contributed by atoms with E-state index in [9.17, 15) is 9.90 Å². The number of aromatic nitrogens is 2. The van der Waals surface area contributed by atoms with Crippen molar-refractivity contribution in [1.82, 2.24) is 9.97 Å². The van der Waals surface area contributed by atoms with Crippen molar-refractivity contribution in [3.8, 4) is 6.07 Å². The number of primary amides is 1. The van der Waals surface area contributed by atoms with Crippen molar-refractivity contribution in [3.63, 3.8) is 0 Å². The van der Waals surface area contributed by atoms with Crippen LogP contribution in [0.5, 0.6) is 0 Å². The number of nitrogens with two attached hydrogens (primary N) is 2. The first kappa shape index (κ1) is 12.8. The van der Waals surface area contributed by atoms with Crippen LogP contribution in [-0.2, 0) is 10.5 Å². The van der Waals surface area contributed by atoms with Gasteiger partial charge in [-0.05, 0) is 0 Å². The lowest BCUT2D eigenvalue weighted by Crippen LogP contribution is -2.15. The van der Waals surface area contributed by atoms with E-state index in [0.717, 1.165) is 0 Å². The van der Waals surface area contributed by atoms with Crippen molar-refractivity contribution >= 4 is 30.1 Å². The van der Waals surface area contributed by atoms with Crippen LogP contribution in [0.15, 0.2) is 11.8 Å². The molecule has 0 saturated heterocycles. The van der Waals surface area contributed by atoms with Gasteiger partial charge in [0.2, 0.25) is 0 Å². The van der Waals surface area contributed by atoms with Crippen LogP contribution >= 0.6 is 12.6 Å². The maximum Gasteiger partial charge on any atom is 0.263 e. The molecule has 8 heteroatoms. The standard InChI is InChI=1S/C9H9N5O2S/c10-1-4(9(12)16)7(15)5-2-13-6(3-17)14-8(5)11/h2,15,17H,3H2,(H2,12,16)(H2,11,13,14)/b7-4-. The lowest BCUT2D eigenvalue weighted by molar-refractivity contribution is -0.114. The number of aliphatic hydroxyl groups excluding tert-OH is 1. The molecule has 0 radical (unpaired) electrons. The Morgan fingerprint density at radius 1 is 1.65 bits per heavy atom. The van der Waals surface area contributed by atoms with Crippen molar-refractivity contribution in [1.29, 1.82) is 5.26 Å². The van der Waals surface area contributed by atoms with Crippen molar-refractivity contribution in [2.75, 3.05) is 5.73 Å². The molecular formula is C9H9N5O2S. The number of aliphatic hydroxyl groups is 1. The topological polar surface area (TPSA) is 139 Å². The molecule has 1 aromatic rings. The van der Waals surface area contributed by atoms with Gasteiger partial charge < -0.3 is 16.6 Å². The highest BCUT2D eigenvalue weighted by atomic mass is 32.1. The van der Waals surface area contributed by atoms with Gasteiger partial charge in [0.15, 0.2) is 11.3 Å². The second-order valence-electron chi connectivity index (χ2n) is 2.94. The summed E-state index contributed by atoms with van der Waals surface area (Å²) in [5.41, 5.74) is 9.85. The Kier molecular flexibility index (Phi) is 3.90. The van der Waals surface area contributed by atoms with Gasteiger partial charge in [0.05, 0.1) is 11.3 Å². The first-order valence-electron chi connectivity index (χ1n) is 4.37. The van der Waals surface area contributed by atoms with Gasteiger partial charge in [-0.1, -0.05) is 0 Å². The third-order valence-corrected chi connectivity index (χ3v) is 2.14. The average Bonchev–Trinajstić information content (AvgIpc) is 2.28. The predicted octanol–water partition coefficient (Wildman–Crippen LogP) is -0.233. The summed E-state index contributed by atoms with van der Waals surface area (Å²) < 4.78 is 0. The minimum atomic E-state index is -1.05. The number of rotatable bonds is 3. The summed E-state index contributed by atoms with van der Waals surface area (Å²) in [6, 6.07) is 1.48. The molecule has 0 bridgehead atoms. The number of hydrogen-bond donors (Lipinski definition) is 4. The summed E-state index contributed by atoms with van der Waals surface area (Å²) in [5.74, 6) is -1.11. The molecule has 0 fully saturated rings. The van der Waals surface area contributed by atoms with E-state index in [1.54, 1.807) is 0 Å². The average molecular weight is 251 g/mol. The molecule has 17 heavy (non-hydrogen) atoms. The minimum absolute atomic E-state index is 0.0223. The van der Waals surface area contributed by atoms with Crippen molar-refractivity contribution < 1.29 is 9.90 Å². The van der Waals surface area contributed by atoms with Gasteiger partial charge in [-0.2, -0.15) is 17.9 Å². The van der Waals surface area contributed by atoms with Crippen LogP contribution in [0.1, 0.15) is 11.4 Å². The van der Waals surface area contributed by atoms with E-state index in [1.165, 1.54) is 12.3 Å². The Balaban J connectivity index is 3.35. The zero-order valence-electron chi connectivity index (χ0n) is 8.58. The normalized spacial score (nSPS) is 11.5. The maximum absolute atomic E-state index is 10.9. The molecule has 0 aliphatic rings. The van der Waals surface area contributed by atoms with E-state index >= 15 is 0 Å². The number of carbonyl (C=O) groups is 1. The van der Waals surface area contributed by atoms with Gasteiger partial charge in [-0.15, -0.1) is 0 Å². The Morgan fingerprint density at radius 3 is 2.71 bits per heavy atom. The van der Waals surface area contributed by atoms with E-state index in [1.807, 2.05) is 0 Å². The highest BCUT2D eigenvalue weighted by molar-refractivity contribution is 7.79. The second-order valence-corrected chi connectivity index (χ2v) is 3.26. The van der Waals surface area contributed by atoms with Gasteiger partial charge >= 0.3 is 0 Å². The Labute approximate surface area is 102 Å². The number of nitrogens with zero attached hydrogens (tertiary/aromatic N) is 3. The van der Waals surface area contributed by atoms with Gasteiger partial charge in [-0.25, -0.2) is 9.97 Å². The minimum Gasteiger partial charge on any atom is -0.506 e. The number of anilines is 1. The van der Waals surface area contributed by atoms with E-state index in [4.69, 9.17) is 16.7 Å². The van der Waals surface area contributed by atoms with Crippen LogP contribution in [0.25, 0.3) is 5.76 Å². The van der Waals surface area contributed by atoms with E-state index in [-0.39, 0.29) is 17.1 Å². The summed E-state index contributed by atoms with van der Waals surface area (Å²) in [6.07, 6.45) is 1.20. The predicted molar refractivity (Wildman–Crippen MR) is 63.5 cm³/mol. The number of amides is 1. The molecule has 1 aromatic heterocycles. The summed E-state index contributed by atoms with van der Waals surface area (Å²) in [5, 5.41) is 18.3. The molecular weight excluding hydrogens is 242 g/mol. The molecule has 88 valence electrons. The highest BCUT2D eigenvalue weighted by Gasteiger charge is 2.16. The van der Waals surface area contributed by atoms with E-state index in [0.29, 0.717) is 5.82 Å². The Morgan fingerprint density at radius 2 is 2.29 bits per heavy atom. The molecule has 0 saturated carbocycles. The van der Waals surface area contributed by atoms with Crippen LogP contribution in [0, 0.1) is 11.3 Å². The lowest BCUT2D eigenvalue weighted by Gasteiger charge is -2.05. The molecule has 0 atom stereocenters. The fourth-order valence-electron chi connectivity index (χ4n) is 1.05. The van der Waals surface area contributed by atoms with Gasteiger partial charge in [0, 0.05) is 6.20 Å². The summed E-state index contributed by atoms with van der Waals surface area (Å²) in [6.45, 7) is 0. The smallest absolute Gasteiger partial charge is 0.263 e. The van der Waals surface area contributed by atoms with Gasteiger partial charge in [-0.3, -0.25) is 4.79 Å². The number of thiol groups is 1. The molecule has 1 amide bonds. The van der Waals surface area contributed by atoms with Crippen molar-refractivity contribution in [3.05, 3.63) is 23.2 Å². The van der Waals surface area contributed by atoms with E-state index in [2.05, 4.69) is 22.6 Å². The summed E-state index contributed by atoms with van der Waals surface area (Å²) >= 11 is 3.95. The molecule has 1 heterocycles. The zero-order chi connectivity index (χ0) is 13.0. The zero-order valence-corrected chi connectivity index (χ0v) is 9.48. The SMILES string of the molecule is N#C/C(C(N)=O)=C(/O)c1cnc(CS)nc1N. The number of nitrogen functional groups attached to an aromatic ring is 1. The van der Waals surface area contributed by atoms with Crippen LogP contribution in [0.3, 0.4) is 0 Å². The van der Waals surface area contributed by atoms with E-state index < -0.39 is 17.2 Å². The number of nitriles is 1. The summed E-state index contributed by atoms with van der Waals surface area (Å²) in [4.78, 5) is 18.5. The fourth-order valence-corrected chi connectivity index (χ4v) is 1.20. The Bertz CT molecular complexity index is 535. The molecule has 0 aromatic carbocycles. The quantitative estimate of drug-likeness (QED) is 0.253. The molecule has 0 unspecified atom stereocenters. The number of carbonyl (C=O) groups excluding carboxylic acids is 1. The lowest BCUT2D eigenvalue weighted by atomic mass is 10.1. The monoisotopic (exact) mass is 251 g/mol. The first-order valence-corrected chi connectivity index (χ1v) is 5.00.